The minimum Gasteiger partial charge on any atom is -0.396 e. The topological polar surface area (TPSA) is 93.0 Å². The largest absolute Gasteiger partial charge is 0.396 e. The molecule has 0 aliphatic carbocycles. The van der Waals surface area contributed by atoms with Crippen LogP contribution in [0.1, 0.15) is 12.0 Å². The zero-order valence-electron chi connectivity index (χ0n) is 10.2. The smallest absolute Gasteiger partial charge is 0.107 e. The molecule has 3 unspecified atom stereocenters. The lowest BCUT2D eigenvalue weighted by molar-refractivity contribution is -0.0644. The summed E-state index contributed by atoms with van der Waals surface area (Å²) in [5.41, 5.74) is 1.08. The van der Waals surface area contributed by atoms with Crippen LogP contribution in [0.5, 0.6) is 0 Å². The lowest BCUT2D eigenvalue weighted by Gasteiger charge is -2.22. The molecule has 5 heteroatoms. The Bertz CT molecular complexity index is 320. The van der Waals surface area contributed by atoms with E-state index in [1.165, 1.54) is 0 Å². The minimum absolute atomic E-state index is 0.0525. The van der Waals surface area contributed by atoms with E-state index in [1.54, 1.807) is 0 Å². The van der Waals surface area contributed by atoms with Crippen molar-refractivity contribution in [2.24, 2.45) is 0 Å². The first kappa shape index (κ1) is 15.1. The zero-order chi connectivity index (χ0) is 13.4. The van der Waals surface area contributed by atoms with Gasteiger partial charge >= 0.3 is 0 Å². The van der Waals surface area contributed by atoms with Crippen molar-refractivity contribution in [3.8, 4) is 0 Å². The van der Waals surface area contributed by atoms with Gasteiger partial charge < -0.3 is 25.7 Å². The number of aliphatic hydroxyl groups is 4. The second kappa shape index (κ2) is 8.18. The van der Waals surface area contributed by atoms with Gasteiger partial charge in [-0.05, 0) is 12.0 Å². The Kier molecular flexibility index (Phi) is 6.85. The molecule has 3 atom stereocenters. The van der Waals surface area contributed by atoms with Gasteiger partial charge in [-0.1, -0.05) is 30.3 Å². The van der Waals surface area contributed by atoms with Gasteiger partial charge in [0.2, 0.25) is 0 Å². The van der Waals surface area contributed by atoms with Crippen LogP contribution in [0.4, 0.5) is 0 Å². The fourth-order valence-electron chi connectivity index (χ4n) is 1.64. The molecule has 0 heterocycles. The Labute approximate surface area is 107 Å². The average Bonchev–Trinajstić information content (AvgIpc) is 2.39. The molecule has 5 nitrogen and oxygen atoms in total. The van der Waals surface area contributed by atoms with Crippen LogP contribution in [0, 0.1) is 0 Å². The monoisotopic (exact) mass is 255 g/mol. The average molecular weight is 255 g/mol. The summed E-state index contributed by atoms with van der Waals surface area (Å²) < 4.78 is 0. The number of hydrogen-bond acceptors (Lipinski definition) is 5. The van der Waals surface area contributed by atoms with Crippen molar-refractivity contribution < 1.29 is 20.4 Å². The van der Waals surface area contributed by atoms with Gasteiger partial charge in [0.25, 0.3) is 0 Å². The molecular formula is C13H21NO4. The Balaban J connectivity index is 2.26. The maximum atomic E-state index is 9.64. The second-order valence-electron chi connectivity index (χ2n) is 4.25. The summed E-state index contributed by atoms with van der Waals surface area (Å²) in [7, 11) is 0. The summed E-state index contributed by atoms with van der Waals surface area (Å²) in [5.74, 6) is 0. The molecule has 1 aromatic rings. The quantitative estimate of drug-likeness (QED) is 0.421. The first-order valence-electron chi connectivity index (χ1n) is 6.05. The van der Waals surface area contributed by atoms with Gasteiger partial charge in [0.05, 0.1) is 12.2 Å². The highest BCUT2D eigenvalue weighted by Gasteiger charge is 2.23. The number of aliphatic hydroxyl groups excluding tert-OH is 4. The van der Waals surface area contributed by atoms with E-state index in [-0.39, 0.29) is 19.6 Å². The molecule has 18 heavy (non-hydrogen) atoms. The molecule has 5 N–H and O–H groups in total. The zero-order valence-corrected chi connectivity index (χ0v) is 10.2. The van der Waals surface area contributed by atoms with Crippen molar-refractivity contribution in [2.45, 2.75) is 31.3 Å². The molecule has 1 aromatic carbocycles. The SMILES string of the molecule is OCCC(O)C(O)C(O)CNCc1ccccc1. The summed E-state index contributed by atoms with van der Waals surface area (Å²) >= 11 is 0. The van der Waals surface area contributed by atoms with Crippen LogP contribution in [0.3, 0.4) is 0 Å². The molecule has 0 aromatic heterocycles. The molecule has 0 aliphatic heterocycles. The van der Waals surface area contributed by atoms with Crippen LogP contribution in [-0.4, -0.2) is 51.9 Å². The molecule has 0 amide bonds. The fraction of sp³-hybridized carbons (Fsp3) is 0.538. The summed E-state index contributed by atoms with van der Waals surface area (Å²) in [4.78, 5) is 0. The minimum atomic E-state index is -1.25. The number of nitrogens with one attached hydrogen (secondary N) is 1. The predicted molar refractivity (Wildman–Crippen MR) is 67.9 cm³/mol. The van der Waals surface area contributed by atoms with E-state index in [4.69, 9.17) is 5.11 Å². The van der Waals surface area contributed by atoms with E-state index in [0.717, 1.165) is 5.56 Å². The van der Waals surface area contributed by atoms with E-state index in [0.29, 0.717) is 6.54 Å². The molecule has 0 spiro atoms. The highest BCUT2D eigenvalue weighted by atomic mass is 16.4. The Hall–Kier alpha value is -0.980. The van der Waals surface area contributed by atoms with Crippen LogP contribution in [0.25, 0.3) is 0 Å². The highest BCUT2D eigenvalue weighted by Crippen LogP contribution is 2.04. The standard InChI is InChI=1S/C13H21NO4/c15-7-6-11(16)13(18)12(17)9-14-8-10-4-2-1-3-5-10/h1-5,11-18H,6-9H2. The van der Waals surface area contributed by atoms with Crippen molar-refractivity contribution in [3.63, 3.8) is 0 Å². The highest BCUT2D eigenvalue weighted by molar-refractivity contribution is 5.14. The maximum absolute atomic E-state index is 9.64. The Morgan fingerprint density at radius 2 is 1.67 bits per heavy atom. The predicted octanol–water partition coefficient (Wildman–Crippen LogP) is -0.759. The van der Waals surface area contributed by atoms with E-state index in [2.05, 4.69) is 5.32 Å². The van der Waals surface area contributed by atoms with Crippen molar-refractivity contribution in [3.05, 3.63) is 35.9 Å². The Morgan fingerprint density at radius 3 is 2.28 bits per heavy atom. The lowest BCUT2D eigenvalue weighted by Crippen LogP contribution is -2.43. The van der Waals surface area contributed by atoms with Gasteiger partial charge in [-0.15, -0.1) is 0 Å². The van der Waals surface area contributed by atoms with E-state index < -0.39 is 18.3 Å². The third kappa shape index (κ3) is 5.12. The van der Waals surface area contributed by atoms with Crippen LogP contribution in [0.2, 0.25) is 0 Å². The van der Waals surface area contributed by atoms with E-state index >= 15 is 0 Å². The molecular weight excluding hydrogens is 234 g/mol. The third-order valence-corrected chi connectivity index (χ3v) is 2.74. The molecule has 0 saturated heterocycles. The first-order valence-corrected chi connectivity index (χ1v) is 6.05. The van der Waals surface area contributed by atoms with Crippen molar-refractivity contribution in [1.29, 1.82) is 0 Å². The van der Waals surface area contributed by atoms with Crippen LogP contribution < -0.4 is 5.32 Å². The summed E-state index contributed by atoms with van der Waals surface area (Å²) in [6.45, 7) is 0.543. The summed E-state index contributed by atoms with van der Waals surface area (Å²) in [5, 5.41) is 40.2. The lowest BCUT2D eigenvalue weighted by atomic mass is 10.1. The molecule has 0 fully saturated rings. The molecule has 0 radical (unpaired) electrons. The molecule has 0 saturated carbocycles. The first-order chi connectivity index (χ1) is 8.65. The van der Waals surface area contributed by atoms with Crippen LogP contribution >= 0.6 is 0 Å². The van der Waals surface area contributed by atoms with Crippen LogP contribution in [0.15, 0.2) is 30.3 Å². The normalized spacial score (nSPS) is 16.2. The molecule has 0 aliphatic rings. The third-order valence-electron chi connectivity index (χ3n) is 2.74. The van der Waals surface area contributed by atoms with Gasteiger partial charge in [-0.25, -0.2) is 0 Å². The summed E-state index contributed by atoms with van der Waals surface area (Å²) in [6.07, 6.45) is -3.36. The van der Waals surface area contributed by atoms with Gasteiger partial charge in [0.15, 0.2) is 0 Å². The number of rotatable bonds is 8. The maximum Gasteiger partial charge on any atom is 0.107 e. The van der Waals surface area contributed by atoms with Crippen molar-refractivity contribution in [2.75, 3.05) is 13.2 Å². The van der Waals surface area contributed by atoms with E-state index in [1.807, 2.05) is 30.3 Å². The molecule has 102 valence electrons. The number of benzene rings is 1. The van der Waals surface area contributed by atoms with Gasteiger partial charge in [0, 0.05) is 19.7 Å². The van der Waals surface area contributed by atoms with Crippen LogP contribution in [-0.2, 0) is 6.54 Å². The van der Waals surface area contributed by atoms with Gasteiger partial charge in [0.1, 0.15) is 6.10 Å². The van der Waals surface area contributed by atoms with Gasteiger partial charge in [-0.2, -0.15) is 0 Å². The fourth-order valence-corrected chi connectivity index (χ4v) is 1.64. The number of hydrogen-bond donors (Lipinski definition) is 5. The molecule has 1 rings (SSSR count). The summed E-state index contributed by atoms with van der Waals surface area (Å²) in [6, 6.07) is 9.68. The van der Waals surface area contributed by atoms with Crippen molar-refractivity contribution in [1.82, 2.24) is 5.32 Å². The van der Waals surface area contributed by atoms with Gasteiger partial charge in [-0.3, -0.25) is 0 Å². The Morgan fingerprint density at radius 1 is 1.00 bits per heavy atom. The molecule has 0 bridgehead atoms. The second-order valence-corrected chi connectivity index (χ2v) is 4.25. The van der Waals surface area contributed by atoms with Crippen molar-refractivity contribution >= 4 is 0 Å². The van der Waals surface area contributed by atoms with E-state index in [9.17, 15) is 15.3 Å².